The van der Waals surface area contributed by atoms with Crippen LogP contribution in [0.5, 0.6) is 0 Å². The number of benzene rings is 1. The molecule has 1 rings (SSSR count). The summed E-state index contributed by atoms with van der Waals surface area (Å²) in [6, 6.07) is 7.11. The molecular formula is C13H19N3O2. The minimum absolute atomic E-state index is 0.345. The number of rotatable bonds is 4. The molecule has 0 bridgehead atoms. The van der Waals surface area contributed by atoms with Gasteiger partial charge in [-0.3, -0.25) is 10.1 Å². The van der Waals surface area contributed by atoms with Crippen LogP contribution in [0.4, 0.5) is 4.79 Å². The topological polar surface area (TPSA) is 70.2 Å². The van der Waals surface area contributed by atoms with Crippen LogP contribution < -0.4 is 16.0 Å². The van der Waals surface area contributed by atoms with Gasteiger partial charge >= 0.3 is 6.03 Å². The Labute approximate surface area is 107 Å². The summed E-state index contributed by atoms with van der Waals surface area (Å²) in [5, 5.41) is 7.62. The van der Waals surface area contributed by atoms with Crippen LogP contribution in [-0.4, -0.2) is 25.0 Å². The van der Waals surface area contributed by atoms with Gasteiger partial charge in [-0.15, -0.1) is 0 Å². The van der Waals surface area contributed by atoms with Crippen molar-refractivity contribution in [3.63, 3.8) is 0 Å². The van der Waals surface area contributed by atoms with E-state index in [1.54, 1.807) is 6.92 Å². The van der Waals surface area contributed by atoms with Gasteiger partial charge in [-0.25, -0.2) is 4.79 Å². The summed E-state index contributed by atoms with van der Waals surface area (Å²) in [5.41, 5.74) is 2.28. The molecule has 0 heterocycles. The monoisotopic (exact) mass is 249 g/mol. The number of nitrogens with one attached hydrogen (secondary N) is 3. The van der Waals surface area contributed by atoms with E-state index in [9.17, 15) is 9.59 Å². The van der Waals surface area contributed by atoms with Crippen LogP contribution in [0.15, 0.2) is 24.3 Å². The molecule has 0 aromatic heterocycles. The van der Waals surface area contributed by atoms with Gasteiger partial charge in [-0.1, -0.05) is 29.8 Å². The van der Waals surface area contributed by atoms with Crippen molar-refractivity contribution in [2.45, 2.75) is 26.4 Å². The van der Waals surface area contributed by atoms with Crippen molar-refractivity contribution in [1.82, 2.24) is 16.0 Å². The fourth-order valence-corrected chi connectivity index (χ4v) is 1.47. The van der Waals surface area contributed by atoms with Gasteiger partial charge in [0.05, 0.1) is 6.04 Å². The fraction of sp³-hybridized carbons (Fsp3) is 0.385. The lowest BCUT2D eigenvalue weighted by atomic mass is 10.1. The Morgan fingerprint density at radius 1 is 1.33 bits per heavy atom. The molecule has 0 radical (unpaired) electrons. The summed E-state index contributed by atoms with van der Waals surface area (Å²) in [6.07, 6.45) is 0. The third kappa shape index (κ3) is 4.55. The van der Waals surface area contributed by atoms with E-state index in [0.29, 0.717) is 6.54 Å². The average molecular weight is 249 g/mol. The molecule has 1 aromatic carbocycles. The van der Waals surface area contributed by atoms with Crippen LogP contribution in [0.3, 0.4) is 0 Å². The summed E-state index contributed by atoms with van der Waals surface area (Å²) in [6.45, 7) is 4.32. The van der Waals surface area contributed by atoms with Crippen molar-refractivity contribution in [2.24, 2.45) is 0 Å². The molecule has 5 heteroatoms. The van der Waals surface area contributed by atoms with Gasteiger partial charge in [0.25, 0.3) is 0 Å². The second-order valence-corrected chi connectivity index (χ2v) is 4.16. The Bertz CT molecular complexity index is 432. The normalized spacial score (nSPS) is 11.7. The summed E-state index contributed by atoms with van der Waals surface area (Å²) in [4.78, 5) is 22.5. The number of amides is 3. The molecule has 1 atom stereocenters. The zero-order chi connectivity index (χ0) is 13.5. The molecule has 0 spiro atoms. The Morgan fingerprint density at radius 2 is 2.06 bits per heavy atom. The quantitative estimate of drug-likeness (QED) is 0.743. The van der Waals surface area contributed by atoms with E-state index in [2.05, 4.69) is 22.0 Å². The third-order valence-electron chi connectivity index (χ3n) is 2.55. The van der Waals surface area contributed by atoms with Crippen molar-refractivity contribution in [1.29, 1.82) is 0 Å². The summed E-state index contributed by atoms with van der Waals surface area (Å²) >= 11 is 0. The van der Waals surface area contributed by atoms with E-state index in [4.69, 9.17) is 0 Å². The van der Waals surface area contributed by atoms with Gasteiger partial charge in [-0.2, -0.15) is 0 Å². The highest BCUT2D eigenvalue weighted by molar-refractivity contribution is 5.96. The Balaban J connectivity index is 2.43. The molecule has 0 aliphatic carbocycles. The van der Waals surface area contributed by atoms with E-state index in [-0.39, 0.29) is 5.91 Å². The van der Waals surface area contributed by atoms with E-state index in [1.165, 1.54) is 12.6 Å². The number of hydrogen-bond acceptors (Lipinski definition) is 3. The molecule has 1 unspecified atom stereocenters. The first-order valence-electron chi connectivity index (χ1n) is 5.84. The molecule has 0 saturated carbocycles. The number of carbonyl (C=O) groups is 2. The highest BCUT2D eigenvalue weighted by atomic mass is 16.2. The van der Waals surface area contributed by atoms with Crippen molar-refractivity contribution in [3.8, 4) is 0 Å². The van der Waals surface area contributed by atoms with Crippen LogP contribution in [0.1, 0.15) is 18.1 Å². The molecule has 0 aliphatic heterocycles. The standard InChI is InChI=1S/C13H19N3O2/c1-9-5-4-6-11(7-9)8-15-10(2)12(17)16-13(18)14-3/h4-7,10,15H,8H2,1-3H3,(H2,14,16,17,18). The summed E-state index contributed by atoms with van der Waals surface area (Å²) < 4.78 is 0. The molecule has 3 N–H and O–H groups in total. The Kier molecular flexibility index (Phi) is 5.32. The van der Waals surface area contributed by atoms with Crippen molar-refractivity contribution in [2.75, 3.05) is 7.05 Å². The lowest BCUT2D eigenvalue weighted by Crippen LogP contribution is -2.47. The number of carbonyl (C=O) groups excluding carboxylic acids is 2. The van der Waals surface area contributed by atoms with Gasteiger partial charge in [0, 0.05) is 13.6 Å². The predicted octanol–water partition coefficient (Wildman–Crippen LogP) is 0.929. The van der Waals surface area contributed by atoms with E-state index >= 15 is 0 Å². The zero-order valence-electron chi connectivity index (χ0n) is 10.9. The minimum atomic E-state index is -0.496. The second kappa shape index (κ2) is 6.76. The van der Waals surface area contributed by atoms with Crippen LogP contribution >= 0.6 is 0 Å². The molecule has 0 fully saturated rings. The average Bonchev–Trinajstić information content (AvgIpc) is 2.35. The zero-order valence-corrected chi connectivity index (χ0v) is 10.9. The molecule has 1 aromatic rings. The number of imide groups is 1. The summed E-state index contributed by atoms with van der Waals surface area (Å²) in [7, 11) is 1.47. The molecule has 98 valence electrons. The lowest BCUT2D eigenvalue weighted by molar-refractivity contribution is -0.121. The number of urea groups is 1. The van der Waals surface area contributed by atoms with Crippen molar-refractivity contribution in [3.05, 3.63) is 35.4 Å². The van der Waals surface area contributed by atoms with E-state index in [0.717, 1.165) is 5.56 Å². The third-order valence-corrected chi connectivity index (χ3v) is 2.55. The molecule has 3 amide bonds. The largest absolute Gasteiger partial charge is 0.341 e. The maximum absolute atomic E-state index is 11.6. The number of hydrogen-bond donors (Lipinski definition) is 3. The predicted molar refractivity (Wildman–Crippen MR) is 70.1 cm³/mol. The highest BCUT2D eigenvalue weighted by Crippen LogP contribution is 2.03. The van der Waals surface area contributed by atoms with Gasteiger partial charge < -0.3 is 10.6 Å². The Morgan fingerprint density at radius 3 is 2.67 bits per heavy atom. The van der Waals surface area contributed by atoms with Crippen LogP contribution in [0.2, 0.25) is 0 Å². The molecule has 5 nitrogen and oxygen atoms in total. The Hall–Kier alpha value is -1.88. The molecule has 0 saturated heterocycles. The SMILES string of the molecule is CNC(=O)NC(=O)C(C)NCc1cccc(C)c1. The first-order chi connectivity index (χ1) is 8.52. The first-order valence-corrected chi connectivity index (χ1v) is 5.84. The maximum atomic E-state index is 11.6. The fourth-order valence-electron chi connectivity index (χ4n) is 1.47. The van der Waals surface area contributed by atoms with Gasteiger partial charge in [0.2, 0.25) is 5.91 Å². The van der Waals surface area contributed by atoms with E-state index in [1.807, 2.05) is 25.1 Å². The molecule has 0 aliphatic rings. The van der Waals surface area contributed by atoms with Crippen molar-refractivity contribution >= 4 is 11.9 Å². The smallest absolute Gasteiger partial charge is 0.321 e. The van der Waals surface area contributed by atoms with Gasteiger partial charge in [-0.05, 0) is 19.4 Å². The van der Waals surface area contributed by atoms with E-state index < -0.39 is 12.1 Å². The lowest BCUT2D eigenvalue weighted by Gasteiger charge is -2.13. The highest BCUT2D eigenvalue weighted by Gasteiger charge is 2.14. The molecular weight excluding hydrogens is 230 g/mol. The van der Waals surface area contributed by atoms with Crippen LogP contribution in [-0.2, 0) is 11.3 Å². The van der Waals surface area contributed by atoms with Gasteiger partial charge in [0.1, 0.15) is 0 Å². The second-order valence-electron chi connectivity index (χ2n) is 4.16. The van der Waals surface area contributed by atoms with Crippen LogP contribution in [0, 0.1) is 6.92 Å². The summed E-state index contributed by atoms with van der Waals surface area (Å²) in [5.74, 6) is -0.345. The number of aryl methyl sites for hydroxylation is 1. The molecule has 18 heavy (non-hydrogen) atoms. The van der Waals surface area contributed by atoms with Crippen LogP contribution in [0.25, 0.3) is 0 Å². The first kappa shape index (κ1) is 14.2. The maximum Gasteiger partial charge on any atom is 0.321 e. The minimum Gasteiger partial charge on any atom is -0.341 e. The van der Waals surface area contributed by atoms with Crippen molar-refractivity contribution < 1.29 is 9.59 Å². The van der Waals surface area contributed by atoms with Gasteiger partial charge in [0.15, 0.2) is 0 Å².